The average Bonchev–Trinajstić information content (AvgIpc) is 3.42. The van der Waals surface area contributed by atoms with Gasteiger partial charge in [-0.2, -0.15) is 0 Å². The Hall–Kier alpha value is -2.59. The highest BCUT2D eigenvalue weighted by atomic mass is 79.9. The summed E-state index contributed by atoms with van der Waals surface area (Å²) in [4.78, 5) is 28.8. The van der Waals surface area contributed by atoms with Crippen LogP contribution in [0.25, 0.3) is 0 Å². The summed E-state index contributed by atoms with van der Waals surface area (Å²) >= 11 is 16.0. The monoisotopic (exact) mass is 679 g/mol. The molecule has 4 rings (SSSR count). The molecule has 0 saturated heterocycles. The molecule has 1 aliphatic rings. The molecule has 0 spiro atoms. The molecular formula is C30H32BrCl2N3O4S. The molecule has 0 aliphatic heterocycles. The summed E-state index contributed by atoms with van der Waals surface area (Å²) < 4.78 is 29.7. The third-order valence-electron chi connectivity index (χ3n) is 7.13. The zero-order valence-electron chi connectivity index (χ0n) is 22.8. The number of anilines is 1. The van der Waals surface area contributed by atoms with Crippen LogP contribution in [0.5, 0.6) is 0 Å². The first-order valence-electron chi connectivity index (χ1n) is 13.3. The van der Waals surface area contributed by atoms with Crippen molar-refractivity contribution in [1.82, 2.24) is 10.2 Å². The van der Waals surface area contributed by atoms with Crippen molar-refractivity contribution in [2.75, 3.05) is 10.8 Å². The second kappa shape index (κ2) is 13.6. The smallest absolute Gasteiger partial charge is 0.264 e. The number of benzene rings is 3. The number of amides is 2. The first-order valence-corrected chi connectivity index (χ1v) is 16.3. The summed E-state index contributed by atoms with van der Waals surface area (Å²) in [5, 5.41) is 3.51. The Bertz CT molecular complexity index is 1490. The molecule has 2 amide bonds. The predicted octanol–water partition coefficient (Wildman–Crippen LogP) is 6.74. The maximum atomic E-state index is 14.1. The number of nitrogens with zero attached hydrogens (tertiary/aromatic N) is 2. The molecule has 1 fully saturated rings. The number of carbonyl (C=O) groups is 2. The molecule has 0 radical (unpaired) electrons. The lowest BCUT2D eigenvalue weighted by Crippen LogP contribution is -2.52. The molecule has 0 unspecified atom stereocenters. The number of sulfonamides is 1. The van der Waals surface area contributed by atoms with Gasteiger partial charge >= 0.3 is 0 Å². The van der Waals surface area contributed by atoms with E-state index in [4.69, 9.17) is 23.2 Å². The molecule has 41 heavy (non-hydrogen) atoms. The van der Waals surface area contributed by atoms with Crippen molar-refractivity contribution in [3.63, 3.8) is 0 Å². The normalized spacial score (nSPS) is 14.5. The molecule has 1 atom stereocenters. The van der Waals surface area contributed by atoms with Gasteiger partial charge in [0.15, 0.2) is 0 Å². The molecule has 1 N–H and O–H groups in total. The van der Waals surface area contributed by atoms with Crippen molar-refractivity contribution in [2.45, 2.75) is 63.1 Å². The second-order valence-electron chi connectivity index (χ2n) is 10.3. The minimum atomic E-state index is -4.22. The minimum Gasteiger partial charge on any atom is -0.352 e. The quantitative estimate of drug-likeness (QED) is 0.257. The summed E-state index contributed by atoms with van der Waals surface area (Å²) in [6.07, 6.45) is 3.90. The third kappa shape index (κ3) is 8.03. The lowest BCUT2D eigenvalue weighted by Gasteiger charge is -2.32. The summed E-state index contributed by atoms with van der Waals surface area (Å²) in [6, 6.07) is 17.4. The van der Waals surface area contributed by atoms with Crippen molar-refractivity contribution in [3.8, 4) is 0 Å². The highest BCUT2D eigenvalue weighted by Crippen LogP contribution is 2.30. The van der Waals surface area contributed by atoms with Crippen LogP contribution in [-0.4, -0.2) is 43.8 Å². The number of aryl methyl sites for hydroxylation is 1. The van der Waals surface area contributed by atoms with Crippen molar-refractivity contribution < 1.29 is 18.0 Å². The van der Waals surface area contributed by atoms with Gasteiger partial charge in [0.1, 0.15) is 12.6 Å². The topological polar surface area (TPSA) is 86.8 Å². The van der Waals surface area contributed by atoms with Gasteiger partial charge in [-0.25, -0.2) is 8.42 Å². The lowest BCUT2D eigenvalue weighted by molar-refractivity contribution is -0.139. The van der Waals surface area contributed by atoms with Crippen molar-refractivity contribution >= 4 is 66.7 Å². The summed E-state index contributed by atoms with van der Waals surface area (Å²) in [6.45, 7) is 3.05. The average molecular weight is 681 g/mol. The van der Waals surface area contributed by atoms with Gasteiger partial charge in [-0.05, 0) is 74.7 Å². The fraction of sp³-hybridized carbons (Fsp3) is 0.333. The molecule has 218 valence electrons. The van der Waals surface area contributed by atoms with E-state index in [1.165, 1.54) is 35.2 Å². The Balaban J connectivity index is 1.71. The number of hydrogen-bond acceptors (Lipinski definition) is 4. The highest BCUT2D eigenvalue weighted by molar-refractivity contribution is 9.10. The largest absolute Gasteiger partial charge is 0.352 e. The molecule has 1 saturated carbocycles. The zero-order chi connectivity index (χ0) is 29.7. The molecule has 11 heteroatoms. The number of halogens is 3. The lowest BCUT2D eigenvalue weighted by atomic mass is 10.1. The maximum Gasteiger partial charge on any atom is 0.264 e. The molecule has 3 aromatic rings. The van der Waals surface area contributed by atoms with Crippen LogP contribution < -0.4 is 9.62 Å². The van der Waals surface area contributed by atoms with Crippen molar-refractivity contribution in [1.29, 1.82) is 0 Å². The number of carbonyl (C=O) groups excluding carboxylic acids is 2. The van der Waals surface area contributed by atoms with Crippen LogP contribution in [0.2, 0.25) is 10.0 Å². The van der Waals surface area contributed by atoms with Crippen LogP contribution in [0.3, 0.4) is 0 Å². The summed E-state index contributed by atoms with van der Waals surface area (Å²) in [5.74, 6) is -0.829. The summed E-state index contributed by atoms with van der Waals surface area (Å²) in [7, 11) is -4.22. The van der Waals surface area contributed by atoms with Gasteiger partial charge in [-0.15, -0.1) is 0 Å². The molecule has 0 aromatic heterocycles. The number of rotatable bonds is 10. The summed E-state index contributed by atoms with van der Waals surface area (Å²) in [5.41, 5.74) is 1.81. The van der Waals surface area contributed by atoms with Crippen LogP contribution in [-0.2, 0) is 26.2 Å². The van der Waals surface area contributed by atoms with Crippen LogP contribution in [0.4, 0.5) is 5.69 Å². The van der Waals surface area contributed by atoms with E-state index in [1.54, 1.807) is 19.1 Å². The van der Waals surface area contributed by atoms with Gasteiger partial charge < -0.3 is 10.2 Å². The van der Waals surface area contributed by atoms with Gasteiger partial charge in [0.2, 0.25) is 11.8 Å². The Kier molecular flexibility index (Phi) is 10.4. The Labute approximate surface area is 260 Å². The van der Waals surface area contributed by atoms with E-state index in [2.05, 4.69) is 21.2 Å². The fourth-order valence-corrected chi connectivity index (χ4v) is 7.22. The maximum absolute atomic E-state index is 14.1. The molecule has 7 nitrogen and oxygen atoms in total. The highest BCUT2D eigenvalue weighted by Gasteiger charge is 2.33. The van der Waals surface area contributed by atoms with Gasteiger partial charge in [0.05, 0.1) is 10.6 Å². The van der Waals surface area contributed by atoms with E-state index in [0.29, 0.717) is 0 Å². The SMILES string of the molecule is Cc1ccc(S(=O)(=O)N(CC(=O)N(Cc2cccc(Br)c2)[C@@H](C)C(=O)NC2CCCC2)c2cc(Cl)cc(Cl)c2)cc1. The third-order valence-corrected chi connectivity index (χ3v) is 9.85. The Morgan fingerprint density at radius 2 is 1.63 bits per heavy atom. The van der Waals surface area contributed by atoms with E-state index in [-0.39, 0.29) is 39.1 Å². The molecule has 3 aromatic carbocycles. The first kappa shape index (κ1) is 31.3. The fourth-order valence-electron chi connectivity index (χ4n) is 4.86. The van der Waals surface area contributed by atoms with Crippen LogP contribution in [0.1, 0.15) is 43.7 Å². The van der Waals surface area contributed by atoms with Gasteiger partial charge in [0, 0.05) is 27.1 Å². The van der Waals surface area contributed by atoms with Crippen molar-refractivity contribution in [3.05, 3.63) is 92.4 Å². The Morgan fingerprint density at radius 1 is 1.00 bits per heavy atom. The van der Waals surface area contributed by atoms with Crippen LogP contribution >= 0.6 is 39.1 Å². The standard InChI is InChI=1S/C30H32BrCl2N3O4S/c1-20-10-12-28(13-11-20)41(39,40)36(27-16-24(32)15-25(33)17-27)19-29(37)35(18-22-6-5-7-23(31)14-22)21(2)30(38)34-26-8-3-4-9-26/h5-7,10-17,21,26H,3-4,8-9,18-19H2,1-2H3,(H,34,38)/t21-/m0/s1. The van der Waals surface area contributed by atoms with Crippen LogP contribution in [0.15, 0.2) is 76.1 Å². The predicted molar refractivity (Wildman–Crippen MR) is 167 cm³/mol. The zero-order valence-corrected chi connectivity index (χ0v) is 26.7. The molecule has 0 heterocycles. The van der Waals surface area contributed by atoms with Crippen LogP contribution in [0, 0.1) is 6.92 Å². The molecule has 0 bridgehead atoms. The van der Waals surface area contributed by atoms with E-state index in [9.17, 15) is 18.0 Å². The number of hydrogen-bond donors (Lipinski definition) is 1. The van der Waals surface area contributed by atoms with Crippen molar-refractivity contribution in [2.24, 2.45) is 0 Å². The Morgan fingerprint density at radius 3 is 2.24 bits per heavy atom. The van der Waals surface area contributed by atoms with E-state index < -0.39 is 28.5 Å². The number of nitrogens with one attached hydrogen (secondary N) is 1. The van der Waals surface area contributed by atoms with E-state index in [1.807, 2.05) is 31.2 Å². The first-order chi connectivity index (χ1) is 19.4. The molecule has 1 aliphatic carbocycles. The van der Waals surface area contributed by atoms with Gasteiger partial charge in [0.25, 0.3) is 10.0 Å². The van der Waals surface area contributed by atoms with Gasteiger partial charge in [-0.1, -0.05) is 81.8 Å². The van der Waals surface area contributed by atoms with Gasteiger partial charge in [-0.3, -0.25) is 13.9 Å². The van der Waals surface area contributed by atoms with E-state index in [0.717, 1.165) is 45.6 Å². The molecular weight excluding hydrogens is 649 g/mol. The van der Waals surface area contributed by atoms with E-state index >= 15 is 0 Å². The minimum absolute atomic E-state index is 0.0116. The second-order valence-corrected chi connectivity index (χ2v) is 13.9.